The predicted molar refractivity (Wildman–Crippen MR) is 79.1 cm³/mol. The maximum absolute atomic E-state index is 11.1. The molecule has 1 fully saturated rings. The average Bonchev–Trinajstić information content (AvgIpc) is 2.96. The summed E-state index contributed by atoms with van der Waals surface area (Å²) in [5.74, 6) is 0.907. The maximum Gasteiger partial charge on any atom is 0.407 e. The van der Waals surface area contributed by atoms with E-state index in [2.05, 4.69) is 14.9 Å². The van der Waals surface area contributed by atoms with Gasteiger partial charge in [0.15, 0.2) is 0 Å². The zero-order valence-electron chi connectivity index (χ0n) is 11.6. The van der Waals surface area contributed by atoms with E-state index >= 15 is 0 Å². The van der Waals surface area contributed by atoms with Crippen LogP contribution in [0.2, 0.25) is 0 Å². The molecule has 110 valence electrons. The molecule has 0 radical (unpaired) electrons. The van der Waals surface area contributed by atoms with E-state index in [1.807, 2.05) is 36.5 Å². The van der Waals surface area contributed by atoms with E-state index in [1.54, 1.807) is 6.20 Å². The van der Waals surface area contributed by atoms with Gasteiger partial charge >= 0.3 is 6.09 Å². The highest BCUT2D eigenvalue weighted by Crippen LogP contribution is 2.17. The SMILES string of the molecule is O=C(O)N1CCN[C@@H](Cn2ccnc2-c2ccccc2)C1. The molecule has 1 aromatic heterocycles. The van der Waals surface area contributed by atoms with Crippen LogP contribution in [0.5, 0.6) is 0 Å². The van der Waals surface area contributed by atoms with Crippen LogP contribution in [-0.2, 0) is 6.54 Å². The minimum Gasteiger partial charge on any atom is -0.465 e. The summed E-state index contributed by atoms with van der Waals surface area (Å²) < 4.78 is 2.07. The molecule has 6 heteroatoms. The van der Waals surface area contributed by atoms with Gasteiger partial charge in [-0.05, 0) is 0 Å². The van der Waals surface area contributed by atoms with Crippen molar-refractivity contribution >= 4 is 6.09 Å². The van der Waals surface area contributed by atoms with Crippen LogP contribution in [0.4, 0.5) is 4.79 Å². The lowest BCUT2D eigenvalue weighted by Gasteiger charge is -2.32. The van der Waals surface area contributed by atoms with Gasteiger partial charge in [-0.1, -0.05) is 30.3 Å². The molecule has 0 unspecified atom stereocenters. The van der Waals surface area contributed by atoms with Gasteiger partial charge in [0.05, 0.1) is 0 Å². The van der Waals surface area contributed by atoms with Gasteiger partial charge in [-0.15, -0.1) is 0 Å². The first-order valence-electron chi connectivity index (χ1n) is 7.02. The Labute approximate surface area is 123 Å². The second kappa shape index (κ2) is 5.97. The summed E-state index contributed by atoms with van der Waals surface area (Å²) in [7, 11) is 0. The van der Waals surface area contributed by atoms with Gasteiger partial charge in [0, 0.05) is 50.2 Å². The Hall–Kier alpha value is -2.34. The Morgan fingerprint density at radius 3 is 2.95 bits per heavy atom. The number of nitrogens with one attached hydrogen (secondary N) is 1. The lowest BCUT2D eigenvalue weighted by molar-refractivity contribution is 0.126. The molecule has 2 aromatic rings. The van der Waals surface area contributed by atoms with Gasteiger partial charge < -0.3 is 19.9 Å². The lowest BCUT2D eigenvalue weighted by atomic mass is 10.2. The fourth-order valence-electron chi connectivity index (χ4n) is 2.66. The molecule has 1 amide bonds. The Morgan fingerprint density at radius 2 is 2.19 bits per heavy atom. The second-order valence-electron chi connectivity index (χ2n) is 5.15. The third-order valence-electron chi connectivity index (χ3n) is 3.69. The largest absolute Gasteiger partial charge is 0.465 e. The number of piperazine rings is 1. The number of amides is 1. The molecule has 0 aliphatic carbocycles. The number of nitrogens with zero attached hydrogens (tertiary/aromatic N) is 3. The van der Waals surface area contributed by atoms with E-state index in [9.17, 15) is 4.79 Å². The summed E-state index contributed by atoms with van der Waals surface area (Å²) in [4.78, 5) is 16.9. The standard InChI is InChI=1S/C15H18N4O2/c20-15(21)19-9-6-16-13(11-19)10-18-8-7-17-14(18)12-4-2-1-3-5-12/h1-5,7-8,13,16H,6,9-11H2,(H,20,21)/t13-/m0/s1. The van der Waals surface area contributed by atoms with Crippen molar-refractivity contribution in [3.63, 3.8) is 0 Å². The van der Waals surface area contributed by atoms with E-state index < -0.39 is 6.09 Å². The Bertz CT molecular complexity index is 611. The highest BCUT2D eigenvalue weighted by atomic mass is 16.4. The van der Waals surface area contributed by atoms with E-state index in [-0.39, 0.29) is 6.04 Å². The molecule has 1 saturated heterocycles. The quantitative estimate of drug-likeness (QED) is 0.897. The molecule has 2 heterocycles. The first-order chi connectivity index (χ1) is 10.2. The van der Waals surface area contributed by atoms with Crippen LogP contribution < -0.4 is 5.32 Å². The summed E-state index contributed by atoms with van der Waals surface area (Å²) in [6.45, 7) is 2.43. The van der Waals surface area contributed by atoms with Crippen molar-refractivity contribution in [2.45, 2.75) is 12.6 Å². The maximum atomic E-state index is 11.1. The fourth-order valence-corrected chi connectivity index (χ4v) is 2.66. The minimum absolute atomic E-state index is 0.103. The van der Waals surface area contributed by atoms with E-state index in [1.165, 1.54) is 4.90 Å². The number of benzene rings is 1. The first-order valence-corrected chi connectivity index (χ1v) is 7.02. The second-order valence-corrected chi connectivity index (χ2v) is 5.15. The van der Waals surface area contributed by atoms with Gasteiger partial charge in [0.2, 0.25) is 0 Å². The summed E-state index contributed by atoms with van der Waals surface area (Å²) in [6, 6.07) is 10.1. The fraction of sp³-hybridized carbons (Fsp3) is 0.333. The number of rotatable bonds is 3. The van der Waals surface area contributed by atoms with Crippen LogP contribution in [0.3, 0.4) is 0 Å². The molecule has 21 heavy (non-hydrogen) atoms. The van der Waals surface area contributed by atoms with Crippen molar-refractivity contribution in [3.8, 4) is 11.4 Å². The number of hydrogen-bond donors (Lipinski definition) is 2. The summed E-state index contributed by atoms with van der Waals surface area (Å²) in [5.41, 5.74) is 1.06. The normalized spacial score (nSPS) is 18.7. The predicted octanol–water partition coefficient (Wildman–Crippen LogP) is 1.50. The Morgan fingerprint density at radius 1 is 1.38 bits per heavy atom. The first kappa shape index (κ1) is 13.6. The van der Waals surface area contributed by atoms with Crippen LogP contribution in [0.1, 0.15) is 0 Å². The zero-order valence-corrected chi connectivity index (χ0v) is 11.6. The third kappa shape index (κ3) is 3.05. The van der Waals surface area contributed by atoms with Gasteiger partial charge in [0.1, 0.15) is 5.82 Å². The number of imidazole rings is 1. The lowest BCUT2D eigenvalue weighted by Crippen LogP contribution is -2.53. The molecule has 3 rings (SSSR count). The molecular formula is C15H18N4O2. The van der Waals surface area contributed by atoms with Gasteiger partial charge in [-0.25, -0.2) is 9.78 Å². The highest BCUT2D eigenvalue weighted by Gasteiger charge is 2.23. The average molecular weight is 286 g/mol. The molecule has 6 nitrogen and oxygen atoms in total. The summed E-state index contributed by atoms with van der Waals surface area (Å²) >= 11 is 0. The van der Waals surface area contributed by atoms with Crippen molar-refractivity contribution in [1.82, 2.24) is 19.8 Å². The van der Waals surface area contributed by atoms with Crippen molar-refractivity contribution in [1.29, 1.82) is 0 Å². The van der Waals surface area contributed by atoms with Crippen LogP contribution in [0, 0.1) is 0 Å². The monoisotopic (exact) mass is 286 g/mol. The summed E-state index contributed by atoms with van der Waals surface area (Å²) in [6.07, 6.45) is 2.86. The molecule has 1 atom stereocenters. The van der Waals surface area contributed by atoms with Crippen molar-refractivity contribution in [2.24, 2.45) is 0 Å². The molecule has 1 aliphatic heterocycles. The molecular weight excluding hydrogens is 268 g/mol. The van der Waals surface area contributed by atoms with E-state index in [0.29, 0.717) is 26.2 Å². The molecule has 0 bridgehead atoms. The third-order valence-corrected chi connectivity index (χ3v) is 3.69. The molecule has 0 spiro atoms. The van der Waals surface area contributed by atoms with Gasteiger partial charge in [0.25, 0.3) is 0 Å². The minimum atomic E-state index is -0.851. The van der Waals surface area contributed by atoms with E-state index in [0.717, 1.165) is 11.4 Å². The molecule has 1 aliphatic rings. The molecule has 0 saturated carbocycles. The molecule has 1 aromatic carbocycles. The van der Waals surface area contributed by atoms with Gasteiger partial charge in [-0.3, -0.25) is 0 Å². The van der Waals surface area contributed by atoms with Gasteiger partial charge in [-0.2, -0.15) is 0 Å². The van der Waals surface area contributed by atoms with Crippen molar-refractivity contribution < 1.29 is 9.90 Å². The number of hydrogen-bond acceptors (Lipinski definition) is 3. The van der Waals surface area contributed by atoms with E-state index in [4.69, 9.17) is 5.11 Å². The van der Waals surface area contributed by atoms with Crippen LogP contribution in [0.25, 0.3) is 11.4 Å². The van der Waals surface area contributed by atoms with Crippen LogP contribution >= 0.6 is 0 Å². The smallest absolute Gasteiger partial charge is 0.407 e. The van der Waals surface area contributed by atoms with Crippen LogP contribution in [-0.4, -0.2) is 51.3 Å². The number of aromatic nitrogens is 2. The zero-order chi connectivity index (χ0) is 14.7. The number of carboxylic acid groups (broad SMARTS) is 1. The van der Waals surface area contributed by atoms with Crippen molar-refractivity contribution in [2.75, 3.05) is 19.6 Å². The Balaban J connectivity index is 1.74. The topological polar surface area (TPSA) is 70.4 Å². The highest BCUT2D eigenvalue weighted by molar-refractivity contribution is 5.65. The Kier molecular flexibility index (Phi) is 3.87. The molecule has 2 N–H and O–H groups in total. The van der Waals surface area contributed by atoms with Crippen LogP contribution in [0.15, 0.2) is 42.7 Å². The number of carbonyl (C=O) groups is 1. The summed E-state index contributed by atoms with van der Waals surface area (Å²) in [5, 5.41) is 12.5. The van der Waals surface area contributed by atoms with Crippen molar-refractivity contribution in [3.05, 3.63) is 42.7 Å².